The first-order valence-electron chi connectivity index (χ1n) is 12.1. The van der Waals surface area contributed by atoms with E-state index in [0.717, 1.165) is 36.8 Å². The Bertz CT molecular complexity index is 1380. The van der Waals surface area contributed by atoms with Gasteiger partial charge in [-0.2, -0.15) is 0 Å². The van der Waals surface area contributed by atoms with Gasteiger partial charge in [-0.25, -0.2) is 11.0 Å². The summed E-state index contributed by atoms with van der Waals surface area (Å²) in [5.74, 6) is -0.183. The molecule has 3 aliphatic rings. The van der Waals surface area contributed by atoms with E-state index in [1.165, 1.54) is 12.1 Å². The van der Waals surface area contributed by atoms with Crippen LogP contribution >= 0.6 is 0 Å². The Hall–Kier alpha value is -3.79. The number of hydrogen-bond donors (Lipinski definition) is 0. The zero-order valence-corrected chi connectivity index (χ0v) is 19.3. The monoisotopic (exact) mass is 468 g/mol. The summed E-state index contributed by atoms with van der Waals surface area (Å²) < 4.78 is 14.3. The van der Waals surface area contributed by atoms with Crippen molar-refractivity contribution < 1.29 is 14.0 Å². The molecule has 1 aromatic heterocycles. The van der Waals surface area contributed by atoms with Gasteiger partial charge in [0.05, 0.1) is 11.1 Å². The van der Waals surface area contributed by atoms with E-state index in [4.69, 9.17) is 6.57 Å². The number of piperazine rings is 1. The van der Waals surface area contributed by atoms with Crippen LogP contribution in [0.15, 0.2) is 48.7 Å². The summed E-state index contributed by atoms with van der Waals surface area (Å²) in [6, 6.07) is 12.2. The highest BCUT2D eigenvalue weighted by Gasteiger charge is 2.52. The molecule has 0 atom stereocenters. The average molecular weight is 469 g/mol. The third-order valence-corrected chi connectivity index (χ3v) is 7.51. The normalized spacial score (nSPS) is 18.9. The second-order valence-corrected chi connectivity index (χ2v) is 9.82. The van der Waals surface area contributed by atoms with Gasteiger partial charge in [0.25, 0.3) is 11.4 Å². The summed E-state index contributed by atoms with van der Waals surface area (Å²) in [5.41, 5.74) is 3.03. The van der Waals surface area contributed by atoms with Crippen molar-refractivity contribution in [3.8, 4) is 11.1 Å². The highest BCUT2D eigenvalue weighted by Crippen LogP contribution is 2.50. The van der Waals surface area contributed by atoms with Gasteiger partial charge in [-0.15, -0.1) is 0 Å². The lowest BCUT2D eigenvalue weighted by Gasteiger charge is -2.35. The van der Waals surface area contributed by atoms with Crippen molar-refractivity contribution in [2.45, 2.75) is 31.2 Å². The Balaban J connectivity index is 1.35. The van der Waals surface area contributed by atoms with Crippen LogP contribution < -0.4 is 0 Å². The van der Waals surface area contributed by atoms with Crippen LogP contribution in [-0.4, -0.2) is 52.8 Å². The molecule has 1 aliphatic heterocycles. The Morgan fingerprint density at radius 1 is 1.00 bits per heavy atom. The van der Waals surface area contributed by atoms with E-state index < -0.39 is 5.54 Å². The zero-order chi connectivity index (χ0) is 24.2. The van der Waals surface area contributed by atoms with Crippen LogP contribution in [0.4, 0.5) is 4.39 Å². The quantitative estimate of drug-likeness (QED) is 0.524. The second kappa shape index (κ2) is 8.16. The molecule has 0 radical (unpaired) electrons. The van der Waals surface area contributed by atoms with E-state index >= 15 is 0 Å². The molecular formula is C28H25FN4O2. The van der Waals surface area contributed by atoms with Gasteiger partial charge in [0.2, 0.25) is 5.91 Å². The number of carbonyl (C=O) groups excluding carboxylic acids is 2. The largest absolute Gasteiger partial charge is 0.339 e. The maximum atomic E-state index is 14.3. The van der Waals surface area contributed by atoms with Crippen LogP contribution in [0.2, 0.25) is 0 Å². The lowest BCUT2D eigenvalue weighted by molar-refractivity contribution is -0.134. The SMILES string of the molecule is [C-]#[N+]C1(c2ccc(-c3c(C(=O)N4CCN(C(=O)C5CC5)CC4)cnc4ccc(F)cc34)cc2)CC1. The Morgan fingerprint density at radius 3 is 2.31 bits per heavy atom. The van der Waals surface area contributed by atoms with Gasteiger partial charge in [-0.3, -0.25) is 14.6 Å². The van der Waals surface area contributed by atoms with Crippen LogP contribution in [0, 0.1) is 18.3 Å². The maximum absolute atomic E-state index is 14.3. The summed E-state index contributed by atoms with van der Waals surface area (Å²) in [7, 11) is 0. The van der Waals surface area contributed by atoms with Crippen LogP contribution in [0.1, 0.15) is 41.6 Å². The molecule has 6 nitrogen and oxygen atoms in total. The molecule has 0 bridgehead atoms. The molecule has 0 unspecified atom stereocenters. The number of nitrogens with zero attached hydrogens (tertiary/aromatic N) is 4. The van der Waals surface area contributed by atoms with Crippen molar-refractivity contribution in [3.63, 3.8) is 0 Å². The third-order valence-electron chi connectivity index (χ3n) is 7.51. The molecule has 0 N–H and O–H groups in total. The highest BCUT2D eigenvalue weighted by molar-refractivity contribution is 6.08. The van der Waals surface area contributed by atoms with E-state index in [1.54, 1.807) is 17.2 Å². The maximum Gasteiger partial charge on any atom is 0.258 e. The molecule has 1 saturated heterocycles. The van der Waals surface area contributed by atoms with E-state index in [0.29, 0.717) is 48.2 Å². The molecular weight excluding hydrogens is 443 g/mol. The molecule has 6 rings (SSSR count). The first-order valence-corrected chi connectivity index (χ1v) is 12.1. The number of aromatic nitrogens is 1. The van der Waals surface area contributed by atoms with Gasteiger partial charge < -0.3 is 14.6 Å². The number of fused-ring (bicyclic) bond motifs is 1. The van der Waals surface area contributed by atoms with Gasteiger partial charge in [0, 0.05) is 67.6 Å². The summed E-state index contributed by atoms with van der Waals surface area (Å²) >= 11 is 0. The van der Waals surface area contributed by atoms with E-state index in [-0.39, 0.29) is 23.5 Å². The summed E-state index contributed by atoms with van der Waals surface area (Å²) in [4.78, 5) is 38.0. The molecule has 3 aromatic rings. The summed E-state index contributed by atoms with van der Waals surface area (Å²) in [6.07, 6.45) is 5.23. The molecule has 2 aliphatic carbocycles. The molecule has 176 valence electrons. The van der Waals surface area contributed by atoms with Crippen molar-refractivity contribution >= 4 is 22.7 Å². The highest BCUT2D eigenvalue weighted by atomic mass is 19.1. The van der Waals surface area contributed by atoms with Gasteiger partial charge in [0.1, 0.15) is 5.82 Å². The molecule has 2 heterocycles. The molecule has 0 spiro atoms. The third kappa shape index (κ3) is 3.83. The van der Waals surface area contributed by atoms with Gasteiger partial charge >= 0.3 is 0 Å². The molecule has 35 heavy (non-hydrogen) atoms. The van der Waals surface area contributed by atoms with E-state index in [2.05, 4.69) is 9.83 Å². The number of carbonyl (C=O) groups is 2. The van der Waals surface area contributed by atoms with Crippen LogP contribution in [0.3, 0.4) is 0 Å². The fourth-order valence-corrected chi connectivity index (χ4v) is 5.06. The first kappa shape index (κ1) is 21.7. The summed E-state index contributed by atoms with van der Waals surface area (Å²) in [6.45, 7) is 9.51. The molecule has 7 heteroatoms. The van der Waals surface area contributed by atoms with Crippen molar-refractivity contribution in [1.29, 1.82) is 0 Å². The fraction of sp³-hybridized carbons (Fsp3) is 0.357. The molecule has 2 aromatic carbocycles. The lowest BCUT2D eigenvalue weighted by Crippen LogP contribution is -2.51. The molecule has 3 fully saturated rings. The van der Waals surface area contributed by atoms with Crippen LogP contribution in [0.5, 0.6) is 0 Å². The Morgan fingerprint density at radius 2 is 1.69 bits per heavy atom. The summed E-state index contributed by atoms with van der Waals surface area (Å²) in [5, 5.41) is 0.581. The number of rotatable bonds is 4. The number of hydrogen-bond acceptors (Lipinski definition) is 3. The van der Waals surface area contributed by atoms with Gasteiger partial charge in [-0.1, -0.05) is 24.3 Å². The Labute approximate surface area is 203 Å². The topological polar surface area (TPSA) is 57.9 Å². The van der Waals surface area contributed by atoms with Crippen molar-refractivity contribution in [3.05, 3.63) is 77.0 Å². The second-order valence-electron chi connectivity index (χ2n) is 9.82. The predicted octanol–water partition coefficient (Wildman–Crippen LogP) is 4.64. The van der Waals surface area contributed by atoms with Crippen LogP contribution in [0.25, 0.3) is 26.9 Å². The smallest absolute Gasteiger partial charge is 0.258 e. The predicted molar refractivity (Wildman–Crippen MR) is 130 cm³/mol. The van der Waals surface area contributed by atoms with Crippen molar-refractivity contribution in [2.24, 2.45) is 5.92 Å². The molecule has 2 amide bonds. The zero-order valence-electron chi connectivity index (χ0n) is 19.3. The average Bonchev–Trinajstić information content (AvgIpc) is 3.82. The minimum Gasteiger partial charge on any atom is -0.339 e. The van der Waals surface area contributed by atoms with Crippen molar-refractivity contribution in [1.82, 2.24) is 14.8 Å². The van der Waals surface area contributed by atoms with E-state index in [1.807, 2.05) is 29.2 Å². The fourth-order valence-electron chi connectivity index (χ4n) is 5.06. The standard InChI is InChI=1S/C28H25FN4O2/c1-30-28(10-11-28)20-6-4-18(5-7-20)25-22-16-21(29)8-9-24(22)31-17-23(25)27(35)33-14-12-32(13-15-33)26(34)19-2-3-19/h4-9,16-17,19H,2-3,10-15H2. The van der Waals surface area contributed by atoms with Crippen molar-refractivity contribution in [2.75, 3.05) is 26.2 Å². The lowest BCUT2D eigenvalue weighted by atomic mass is 9.93. The minimum atomic E-state index is -0.416. The number of pyridine rings is 1. The minimum absolute atomic E-state index is 0.166. The van der Waals surface area contributed by atoms with Gasteiger partial charge in [0.15, 0.2) is 0 Å². The number of benzene rings is 2. The van der Waals surface area contributed by atoms with E-state index in [9.17, 15) is 14.0 Å². The number of halogens is 1. The number of amides is 2. The molecule has 2 saturated carbocycles. The van der Waals surface area contributed by atoms with Crippen LogP contribution in [-0.2, 0) is 10.3 Å². The van der Waals surface area contributed by atoms with Gasteiger partial charge in [-0.05, 0) is 36.6 Å². The first-order chi connectivity index (χ1) is 17.0. The Kier molecular flexibility index (Phi) is 5.06.